The molecule has 2 heterocycles. The SMILES string of the molecule is COC1C=CC(Nc2ncc3c(n2)-c2ccc(C(=O)NC4CCC(N)CC4)cc2NC(=O)C3)=CC1OC. The van der Waals surface area contributed by atoms with Crippen LogP contribution in [0.2, 0.25) is 0 Å². The number of fused-ring (bicyclic) bond motifs is 3. The van der Waals surface area contributed by atoms with Crippen LogP contribution in [0.4, 0.5) is 11.6 Å². The van der Waals surface area contributed by atoms with Crippen molar-refractivity contribution in [2.75, 3.05) is 24.9 Å². The minimum Gasteiger partial charge on any atom is -0.374 e. The molecule has 5 rings (SSSR count). The van der Waals surface area contributed by atoms with Crippen LogP contribution < -0.4 is 21.7 Å². The molecular weight excluding hydrogens is 472 g/mol. The highest BCUT2D eigenvalue weighted by Gasteiger charge is 2.25. The zero-order chi connectivity index (χ0) is 25.9. The first kappa shape index (κ1) is 25.1. The van der Waals surface area contributed by atoms with Crippen LogP contribution in [-0.4, -0.2) is 60.3 Å². The number of rotatable bonds is 6. The number of amides is 2. The van der Waals surface area contributed by atoms with Crippen molar-refractivity contribution >= 4 is 23.5 Å². The van der Waals surface area contributed by atoms with Crippen molar-refractivity contribution in [2.24, 2.45) is 5.73 Å². The lowest BCUT2D eigenvalue weighted by molar-refractivity contribution is -0.115. The van der Waals surface area contributed by atoms with Gasteiger partial charge in [0.05, 0.1) is 17.8 Å². The number of carbonyl (C=O) groups excluding carboxylic acids is 2. The Labute approximate surface area is 215 Å². The molecule has 1 aliphatic heterocycles. The van der Waals surface area contributed by atoms with E-state index in [1.807, 2.05) is 24.3 Å². The van der Waals surface area contributed by atoms with E-state index in [1.165, 1.54) is 0 Å². The molecule has 0 spiro atoms. The van der Waals surface area contributed by atoms with Gasteiger partial charge in [0, 0.05) is 54.9 Å². The molecule has 10 heteroatoms. The summed E-state index contributed by atoms with van der Waals surface area (Å²) >= 11 is 0. The minimum atomic E-state index is -0.240. The summed E-state index contributed by atoms with van der Waals surface area (Å²) < 4.78 is 10.9. The molecule has 2 aromatic rings. The van der Waals surface area contributed by atoms with E-state index in [4.69, 9.17) is 20.2 Å². The van der Waals surface area contributed by atoms with Crippen molar-refractivity contribution in [1.82, 2.24) is 15.3 Å². The third-order valence-electron chi connectivity index (χ3n) is 7.07. The van der Waals surface area contributed by atoms with E-state index >= 15 is 0 Å². The second-order valence-electron chi connectivity index (χ2n) is 9.64. The van der Waals surface area contributed by atoms with Gasteiger partial charge in [-0.2, -0.15) is 0 Å². The molecule has 10 nitrogen and oxygen atoms in total. The maximum Gasteiger partial charge on any atom is 0.251 e. The Hall–Kier alpha value is -3.60. The summed E-state index contributed by atoms with van der Waals surface area (Å²) in [5.74, 6) is 0.0395. The van der Waals surface area contributed by atoms with E-state index in [2.05, 4.69) is 20.9 Å². The Morgan fingerprint density at radius 3 is 2.68 bits per heavy atom. The van der Waals surface area contributed by atoms with E-state index in [0.717, 1.165) is 36.9 Å². The van der Waals surface area contributed by atoms with Gasteiger partial charge in [0.2, 0.25) is 11.9 Å². The molecule has 1 aromatic carbocycles. The van der Waals surface area contributed by atoms with Crippen molar-refractivity contribution in [3.05, 3.63) is 59.4 Å². The predicted octanol–water partition coefficient (Wildman–Crippen LogP) is 2.53. The van der Waals surface area contributed by atoms with Crippen LogP contribution in [0.1, 0.15) is 41.6 Å². The number of hydrogen-bond acceptors (Lipinski definition) is 8. The summed E-state index contributed by atoms with van der Waals surface area (Å²) in [7, 11) is 3.26. The third kappa shape index (κ3) is 5.56. The Kier molecular flexibility index (Phi) is 7.31. The molecule has 5 N–H and O–H groups in total. The number of ether oxygens (including phenoxy) is 2. The van der Waals surface area contributed by atoms with Crippen molar-refractivity contribution in [2.45, 2.75) is 56.4 Å². The lowest BCUT2D eigenvalue weighted by Gasteiger charge is -2.26. The van der Waals surface area contributed by atoms with Crippen LogP contribution in [0.25, 0.3) is 11.3 Å². The summed E-state index contributed by atoms with van der Waals surface area (Å²) in [5.41, 5.74) is 9.87. The highest BCUT2D eigenvalue weighted by molar-refractivity contribution is 6.03. The smallest absolute Gasteiger partial charge is 0.251 e. The molecule has 0 bridgehead atoms. The molecule has 194 valence electrons. The van der Waals surface area contributed by atoms with Crippen LogP contribution in [-0.2, 0) is 20.7 Å². The van der Waals surface area contributed by atoms with Gasteiger partial charge in [0.15, 0.2) is 0 Å². The van der Waals surface area contributed by atoms with Crippen molar-refractivity contribution in [3.8, 4) is 11.3 Å². The molecule has 3 aliphatic rings. The highest BCUT2D eigenvalue weighted by Crippen LogP contribution is 2.34. The molecule has 0 saturated heterocycles. The molecule has 2 unspecified atom stereocenters. The average molecular weight is 505 g/mol. The average Bonchev–Trinajstić information content (AvgIpc) is 3.04. The number of allylic oxidation sites excluding steroid dienone is 1. The van der Waals surface area contributed by atoms with Crippen LogP contribution in [0.3, 0.4) is 0 Å². The van der Waals surface area contributed by atoms with Crippen LogP contribution >= 0.6 is 0 Å². The number of anilines is 2. The Morgan fingerprint density at radius 2 is 1.92 bits per heavy atom. The summed E-state index contributed by atoms with van der Waals surface area (Å²) in [6.45, 7) is 0. The van der Waals surface area contributed by atoms with Gasteiger partial charge >= 0.3 is 0 Å². The lowest BCUT2D eigenvalue weighted by atomic mass is 9.91. The van der Waals surface area contributed by atoms with Crippen LogP contribution in [0, 0.1) is 0 Å². The topological polar surface area (TPSA) is 140 Å². The second kappa shape index (κ2) is 10.8. The van der Waals surface area contributed by atoms with E-state index in [0.29, 0.717) is 28.5 Å². The molecule has 2 amide bonds. The predicted molar refractivity (Wildman–Crippen MR) is 140 cm³/mol. The van der Waals surface area contributed by atoms with Gasteiger partial charge in [0.25, 0.3) is 5.91 Å². The Bertz CT molecular complexity index is 1250. The summed E-state index contributed by atoms with van der Waals surface area (Å²) in [6.07, 6.45) is 10.7. The Balaban J connectivity index is 1.39. The van der Waals surface area contributed by atoms with Gasteiger partial charge < -0.3 is 31.2 Å². The number of aromatic nitrogens is 2. The van der Waals surface area contributed by atoms with E-state index in [-0.39, 0.29) is 42.5 Å². The number of methoxy groups -OCH3 is 2. The molecule has 1 saturated carbocycles. The molecular formula is C27H32N6O4. The van der Waals surface area contributed by atoms with Crippen LogP contribution in [0.5, 0.6) is 0 Å². The van der Waals surface area contributed by atoms with E-state index < -0.39 is 0 Å². The number of nitrogens with one attached hydrogen (secondary N) is 3. The maximum absolute atomic E-state index is 12.9. The third-order valence-corrected chi connectivity index (χ3v) is 7.07. The first-order chi connectivity index (χ1) is 17.9. The monoisotopic (exact) mass is 504 g/mol. The van der Waals surface area contributed by atoms with Crippen molar-refractivity contribution in [1.29, 1.82) is 0 Å². The first-order valence-corrected chi connectivity index (χ1v) is 12.5. The number of carbonyl (C=O) groups is 2. The van der Waals surface area contributed by atoms with Gasteiger partial charge in [0.1, 0.15) is 12.2 Å². The fourth-order valence-electron chi connectivity index (χ4n) is 4.99. The lowest BCUT2D eigenvalue weighted by Crippen LogP contribution is -2.40. The highest BCUT2D eigenvalue weighted by atomic mass is 16.5. The summed E-state index contributed by atoms with van der Waals surface area (Å²) in [6, 6.07) is 5.63. The maximum atomic E-state index is 12.9. The molecule has 0 radical (unpaired) electrons. The van der Waals surface area contributed by atoms with Gasteiger partial charge in [-0.15, -0.1) is 0 Å². The fraction of sp³-hybridized carbons (Fsp3) is 0.407. The quantitative estimate of drug-likeness (QED) is 0.470. The zero-order valence-electron chi connectivity index (χ0n) is 21.0. The summed E-state index contributed by atoms with van der Waals surface area (Å²) in [4.78, 5) is 34.7. The first-order valence-electron chi connectivity index (χ1n) is 12.5. The van der Waals surface area contributed by atoms with Crippen molar-refractivity contribution in [3.63, 3.8) is 0 Å². The molecule has 1 aromatic heterocycles. The van der Waals surface area contributed by atoms with E-state index in [9.17, 15) is 9.59 Å². The molecule has 1 fully saturated rings. The summed E-state index contributed by atoms with van der Waals surface area (Å²) in [5, 5.41) is 9.25. The minimum absolute atomic E-state index is 0.114. The zero-order valence-corrected chi connectivity index (χ0v) is 21.0. The second-order valence-corrected chi connectivity index (χ2v) is 9.64. The number of nitrogens with zero attached hydrogens (tertiary/aromatic N) is 2. The Morgan fingerprint density at radius 1 is 1.14 bits per heavy atom. The molecule has 2 aliphatic carbocycles. The standard InChI is InChI=1S/C27H32N6O4/c1-36-22-10-8-19(13-23(22)37-2)31-27-29-14-16-12-24(34)32-21-11-15(3-9-20(21)25(16)33-27)26(35)30-18-6-4-17(28)5-7-18/h3,8-11,13-14,17-18,22-23H,4-7,12,28H2,1-2H3,(H,30,35)(H,32,34)(H,29,31,33). The molecule has 37 heavy (non-hydrogen) atoms. The number of hydrogen-bond donors (Lipinski definition) is 4. The molecule has 2 atom stereocenters. The van der Waals surface area contributed by atoms with E-state index in [1.54, 1.807) is 32.5 Å². The van der Waals surface area contributed by atoms with Gasteiger partial charge in [-0.05, 0) is 56.0 Å². The van der Waals surface area contributed by atoms with Gasteiger partial charge in [-0.25, -0.2) is 9.97 Å². The largest absolute Gasteiger partial charge is 0.374 e. The number of nitrogens with two attached hydrogens (primary N) is 1. The van der Waals surface area contributed by atoms with Gasteiger partial charge in [-0.1, -0.05) is 6.08 Å². The fourth-order valence-corrected chi connectivity index (χ4v) is 4.99. The number of benzene rings is 1. The van der Waals surface area contributed by atoms with Crippen LogP contribution in [0.15, 0.2) is 48.3 Å². The van der Waals surface area contributed by atoms with Crippen molar-refractivity contribution < 1.29 is 19.1 Å². The van der Waals surface area contributed by atoms with Gasteiger partial charge in [-0.3, -0.25) is 9.59 Å². The normalized spacial score (nSPS) is 24.7.